The summed E-state index contributed by atoms with van der Waals surface area (Å²) in [4.78, 5) is 0. The molecule has 0 aliphatic heterocycles. The lowest BCUT2D eigenvalue weighted by Gasteiger charge is -2.01. The van der Waals surface area contributed by atoms with Gasteiger partial charge >= 0.3 is 0 Å². The van der Waals surface area contributed by atoms with Crippen LogP contribution in [0.15, 0.2) is 0 Å². The van der Waals surface area contributed by atoms with E-state index in [2.05, 4.69) is 0 Å². The molecule has 0 heterocycles. The van der Waals surface area contributed by atoms with Crippen LogP contribution >= 0.6 is 12.4 Å². The molecule has 0 rings (SSSR count). The summed E-state index contributed by atoms with van der Waals surface area (Å²) in [7, 11) is 0. The van der Waals surface area contributed by atoms with Gasteiger partial charge in [-0.2, -0.15) is 0 Å². The van der Waals surface area contributed by atoms with Crippen LogP contribution in [-0.2, 0) is 0 Å². The van der Waals surface area contributed by atoms with Gasteiger partial charge in [-0.1, -0.05) is 0 Å². The molecule has 1 atom stereocenters. The zero-order valence-corrected chi connectivity index (χ0v) is 5.50. The zero-order valence-electron chi connectivity index (χ0n) is 4.69. The highest BCUT2D eigenvalue weighted by Crippen LogP contribution is 2.07. The van der Waals surface area contributed by atoms with Crippen LogP contribution in [-0.4, -0.2) is 19.1 Å². The third-order valence-electron chi connectivity index (χ3n) is 0.716. The summed E-state index contributed by atoms with van der Waals surface area (Å²) in [6, 6.07) is 0. The van der Waals surface area contributed by atoms with Crippen LogP contribution in [0.25, 0.3) is 0 Å². The number of rotatable bonds is 3. The van der Waals surface area contributed by atoms with E-state index in [4.69, 9.17) is 5.73 Å². The Morgan fingerprint density at radius 2 is 1.67 bits per heavy atom. The Bertz CT molecular complexity index is 61.8. The van der Waals surface area contributed by atoms with Crippen molar-refractivity contribution in [3.8, 4) is 0 Å². The van der Waals surface area contributed by atoms with E-state index in [1.54, 1.807) is 0 Å². The zero-order chi connectivity index (χ0) is 6.57. The van der Waals surface area contributed by atoms with Gasteiger partial charge in [0.25, 0.3) is 6.43 Å². The van der Waals surface area contributed by atoms with Crippen LogP contribution < -0.4 is 5.73 Å². The molecule has 9 heavy (non-hydrogen) atoms. The number of alkyl halides is 3. The topological polar surface area (TPSA) is 26.0 Å². The molecular weight excluding hydrogens is 154 g/mol. The standard InChI is InChI=1S/C4H8F3N.ClH/c5-3(1-2-8)4(6)7;/h3-4H,1-2,8H2;1H. The van der Waals surface area contributed by atoms with Gasteiger partial charge in [0.15, 0.2) is 6.17 Å². The normalized spacial score (nSPS) is 13.0. The summed E-state index contributed by atoms with van der Waals surface area (Å²) < 4.78 is 34.1. The summed E-state index contributed by atoms with van der Waals surface area (Å²) in [6.45, 7) is -0.0223. The Hall–Kier alpha value is 0.0400. The maximum absolute atomic E-state index is 11.7. The second-order valence-electron chi connectivity index (χ2n) is 1.43. The summed E-state index contributed by atoms with van der Waals surface area (Å²) in [5.74, 6) is 0. The fraction of sp³-hybridized carbons (Fsp3) is 1.00. The van der Waals surface area contributed by atoms with E-state index in [9.17, 15) is 13.2 Å². The third kappa shape index (κ3) is 5.92. The monoisotopic (exact) mass is 163 g/mol. The maximum Gasteiger partial charge on any atom is 0.269 e. The molecule has 0 aliphatic carbocycles. The Labute approximate surface area is 57.8 Å². The summed E-state index contributed by atoms with van der Waals surface area (Å²) in [6.07, 6.45) is -5.17. The largest absolute Gasteiger partial charge is 0.330 e. The van der Waals surface area contributed by atoms with Gasteiger partial charge in [0, 0.05) is 0 Å². The highest BCUT2D eigenvalue weighted by atomic mass is 35.5. The molecule has 5 heteroatoms. The molecule has 1 unspecified atom stereocenters. The molecule has 0 aliphatic rings. The first-order valence-electron chi connectivity index (χ1n) is 2.30. The van der Waals surface area contributed by atoms with E-state index in [0.717, 1.165) is 0 Å². The average Bonchev–Trinajstić information content (AvgIpc) is 1.67. The highest BCUT2D eigenvalue weighted by Gasteiger charge is 2.16. The Kier molecular flexibility index (Phi) is 8.08. The van der Waals surface area contributed by atoms with Crippen LogP contribution in [0.2, 0.25) is 0 Å². The van der Waals surface area contributed by atoms with Crippen molar-refractivity contribution in [3.05, 3.63) is 0 Å². The summed E-state index contributed by atoms with van der Waals surface area (Å²) in [5, 5.41) is 0. The molecule has 0 aromatic carbocycles. The van der Waals surface area contributed by atoms with Crippen LogP contribution in [0.3, 0.4) is 0 Å². The third-order valence-corrected chi connectivity index (χ3v) is 0.716. The van der Waals surface area contributed by atoms with E-state index >= 15 is 0 Å². The number of nitrogens with two attached hydrogens (primary N) is 1. The van der Waals surface area contributed by atoms with Gasteiger partial charge < -0.3 is 5.73 Å². The van der Waals surface area contributed by atoms with E-state index in [0.29, 0.717) is 0 Å². The van der Waals surface area contributed by atoms with Gasteiger partial charge in [-0.25, -0.2) is 13.2 Å². The lowest BCUT2D eigenvalue weighted by Crippen LogP contribution is -2.16. The lowest BCUT2D eigenvalue weighted by atomic mass is 10.3. The second-order valence-corrected chi connectivity index (χ2v) is 1.43. The van der Waals surface area contributed by atoms with Crippen molar-refractivity contribution in [2.75, 3.05) is 6.54 Å². The Balaban J connectivity index is 0. The first kappa shape index (κ1) is 11.8. The molecule has 0 spiro atoms. The van der Waals surface area contributed by atoms with Gasteiger partial charge in [-0.05, 0) is 13.0 Å². The average molecular weight is 164 g/mol. The van der Waals surface area contributed by atoms with Gasteiger partial charge in [0.05, 0.1) is 0 Å². The smallest absolute Gasteiger partial charge is 0.269 e. The van der Waals surface area contributed by atoms with E-state index in [1.165, 1.54) is 0 Å². The fourth-order valence-electron chi connectivity index (χ4n) is 0.285. The van der Waals surface area contributed by atoms with Crippen molar-refractivity contribution in [2.24, 2.45) is 5.73 Å². The molecule has 2 N–H and O–H groups in total. The minimum absolute atomic E-state index is 0. The molecule has 0 aromatic heterocycles. The number of hydrogen-bond acceptors (Lipinski definition) is 1. The molecule has 0 amide bonds. The van der Waals surface area contributed by atoms with Crippen molar-refractivity contribution in [3.63, 3.8) is 0 Å². The van der Waals surface area contributed by atoms with E-state index in [-0.39, 0.29) is 25.4 Å². The predicted molar refractivity (Wildman–Crippen MR) is 31.8 cm³/mol. The lowest BCUT2D eigenvalue weighted by molar-refractivity contribution is 0.0468. The van der Waals surface area contributed by atoms with Crippen LogP contribution in [0.1, 0.15) is 6.42 Å². The SMILES string of the molecule is Cl.NCCC(F)C(F)F. The van der Waals surface area contributed by atoms with Crippen molar-refractivity contribution in [2.45, 2.75) is 19.0 Å². The molecule has 0 aromatic rings. The van der Waals surface area contributed by atoms with Crippen molar-refractivity contribution < 1.29 is 13.2 Å². The van der Waals surface area contributed by atoms with Gasteiger partial charge in [-0.15, -0.1) is 12.4 Å². The predicted octanol–water partition coefficient (Wildman–Crippen LogP) is 1.36. The minimum atomic E-state index is -2.88. The highest BCUT2D eigenvalue weighted by molar-refractivity contribution is 5.85. The van der Waals surface area contributed by atoms with Gasteiger partial charge in [-0.3, -0.25) is 0 Å². The minimum Gasteiger partial charge on any atom is -0.330 e. The molecule has 0 saturated carbocycles. The molecule has 1 nitrogen and oxygen atoms in total. The number of halogens is 4. The molecule has 0 radical (unpaired) electrons. The van der Waals surface area contributed by atoms with E-state index < -0.39 is 12.6 Å². The van der Waals surface area contributed by atoms with Gasteiger partial charge in [0.1, 0.15) is 0 Å². The molecular formula is C4H9ClF3N. The van der Waals surface area contributed by atoms with Crippen molar-refractivity contribution in [1.29, 1.82) is 0 Å². The molecule has 58 valence electrons. The Morgan fingerprint density at radius 3 is 1.78 bits per heavy atom. The first-order chi connectivity index (χ1) is 3.68. The summed E-state index contributed by atoms with van der Waals surface area (Å²) >= 11 is 0. The van der Waals surface area contributed by atoms with Crippen LogP contribution in [0, 0.1) is 0 Å². The summed E-state index contributed by atoms with van der Waals surface area (Å²) in [5.41, 5.74) is 4.79. The molecule has 0 saturated heterocycles. The molecule has 0 bridgehead atoms. The van der Waals surface area contributed by atoms with Gasteiger partial charge in [0.2, 0.25) is 0 Å². The van der Waals surface area contributed by atoms with Crippen molar-refractivity contribution in [1.82, 2.24) is 0 Å². The van der Waals surface area contributed by atoms with Crippen molar-refractivity contribution >= 4 is 12.4 Å². The maximum atomic E-state index is 11.7. The first-order valence-corrected chi connectivity index (χ1v) is 2.30. The van der Waals surface area contributed by atoms with E-state index in [1.807, 2.05) is 0 Å². The second kappa shape index (κ2) is 6.16. The quantitative estimate of drug-likeness (QED) is 0.668. The number of hydrogen-bond donors (Lipinski definition) is 1. The fourth-order valence-corrected chi connectivity index (χ4v) is 0.285. The Morgan fingerprint density at radius 1 is 1.22 bits per heavy atom. The van der Waals surface area contributed by atoms with Crippen LogP contribution in [0.4, 0.5) is 13.2 Å². The molecule has 0 fully saturated rings. The van der Waals surface area contributed by atoms with Crippen LogP contribution in [0.5, 0.6) is 0 Å².